The van der Waals surface area contributed by atoms with E-state index in [-0.39, 0.29) is 0 Å². The molecule has 1 aromatic heterocycles. The van der Waals surface area contributed by atoms with Crippen LogP contribution in [0.25, 0.3) is 10.9 Å². The van der Waals surface area contributed by atoms with E-state index in [0.29, 0.717) is 6.04 Å². The van der Waals surface area contributed by atoms with Crippen LogP contribution in [0.2, 0.25) is 0 Å². The standard InChI is InChI=1S/C17H21N3/c1-3-14-5-2-8-19-17(14)15(4-1)11-20-10-9-18-16(12-20)13-6-7-13/h1-5,8,13,16,18H,6-7,9-12H2. The number of fused-ring (bicyclic) bond motifs is 1. The van der Waals surface area contributed by atoms with Gasteiger partial charge < -0.3 is 5.32 Å². The molecular formula is C17H21N3. The van der Waals surface area contributed by atoms with Crippen molar-refractivity contribution in [1.82, 2.24) is 15.2 Å². The molecule has 2 aromatic rings. The lowest BCUT2D eigenvalue weighted by molar-refractivity contribution is 0.182. The second kappa shape index (κ2) is 5.15. The highest BCUT2D eigenvalue weighted by atomic mass is 15.2. The Balaban J connectivity index is 1.54. The lowest BCUT2D eigenvalue weighted by Crippen LogP contribution is -2.51. The average Bonchev–Trinajstić information content (AvgIpc) is 3.33. The van der Waals surface area contributed by atoms with Gasteiger partial charge in [0.25, 0.3) is 0 Å². The normalized spacial score (nSPS) is 24.1. The van der Waals surface area contributed by atoms with Crippen LogP contribution in [0.4, 0.5) is 0 Å². The molecule has 1 atom stereocenters. The minimum Gasteiger partial charge on any atom is -0.311 e. The maximum absolute atomic E-state index is 4.57. The van der Waals surface area contributed by atoms with E-state index in [4.69, 9.17) is 0 Å². The summed E-state index contributed by atoms with van der Waals surface area (Å²) in [5, 5.41) is 4.93. The minimum absolute atomic E-state index is 0.715. The summed E-state index contributed by atoms with van der Waals surface area (Å²) in [6, 6.07) is 11.4. The maximum atomic E-state index is 4.57. The van der Waals surface area contributed by atoms with Crippen molar-refractivity contribution in [3.8, 4) is 0 Å². The number of aromatic nitrogens is 1. The van der Waals surface area contributed by atoms with Gasteiger partial charge in [0.05, 0.1) is 5.52 Å². The highest BCUT2D eigenvalue weighted by molar-refractivity contribution is 5.81. The SMILES string of the molecule is c1cnc2c(CN3CCNC(C4CC4)C3)cccc2c1. The van der Waals surface area contributed by atoms with Gasteiger partial charge in [0.2, 0.25) is 0 Å². The highest BCUT2D eigenvalue weighted by Crippen LogP contribution is 2.34. The van der Waals surface area contributed by atoms with Crippen LogP contribution in [0.5, 0.6) is 0 Å². The number of para-hydroxylation sites is 1. The smallest absolute Gasteiger partial charge is 0.0746 e. The summed E-state index contributed by atoms with van der Waals surface area (Å²) in [5.74, 6) is 0.934. The third-order valence-corrected chi connectivity index (χ3v) is 4.59. The number of benzene rings is 1. The van der Waals surface area contributed by atoms with Gasteiger partial charge in [0, 0.05) is 43.8 Å². The van der Waals surface area contributed by atoms with Gasteiger partial charge in [-0.15, -0.1) is 0 Å². The molecule has 2 aliphatic rings. The topological polar surface area (TPSA) is 28.2 Å². The van der Waals surface area contributed by atoms with Crippen LogP contribution in [0.1, 0.15) is 18.4 Å². The summed E-state index contributed by atoms with van der Waals surface area (Å²) >= 11 is 0. The molecule has 1 aliphatic carbocycles. The van der Waals surface area contributed by atoms with Crippen molar-refractivity contribution in [3.05, 3.63) is 42.1 Å². The first kappa shape index (κ1) is 12.3. The molecule has 3 heteroatoms. The number of hydrogen-bond donors (Lipinski definition) is 1. The lowest BCUT2D eigenvalue weighted by Gasteiger charge is -2.34. The van der Waals surface area contributed by atoms with Crippen molar-refractivity contribution in [3.63, 3.8) is 0 Å². The minimum atomic E-state index is 0.715. The van der Waals surface area contributed by atoms with E-state index in [1.54, 1.807) is 0 Å². The first-order valence-electron chi connectivity index (χ1n) is 7.68. The highest BCUT2D eigenvalue weighted by Gasteiger charge is 2.33. The molecule has 1 aromatic carbocycles. The fourth-order valence-electron chi connectivity index (χ4n) is 3.34. The molecule has 1 unspecified atom stereocenters. The third kappa shape index (κ3) is 2.43. The largest absolute Gasteiger partial charge is 0.311 e. The molecule has 1 N–H and O–H groups in total. The van der Waals surface area contributed by atoms with Crippen LogP contribution in [0.15, 0.2) is 36.5 Å². The predicted molar refractivity (Wildman–Crippen MR) is 81.5 cm³/mol. The summed E-state index contributed by atoms with van der Waals surface area (Å²) < 4.78 is 0. The summed E-state index contributed by atoms with van der Waals surface area (Å²) in [6.45, 7) is 4.49. The van der Waals surface area contributed by atoms with Gasteiger partial charge in [-0.1, -0.05) is 24.3 Å². The number of hydrogen-bond acceptors (Lipinski definition) is 3. The van der Waals surface area contributed by atoms with Crippen molar-refractivity contribution in [2.24, 2.45) is 5.92 Å². The third-order valence-electron chi connectivity index (χ3n) is 4.59. The summed E-state index contributed by atoms with van der Waals surface area (Å²) in [5.41, 5.74) is 2.52. The van der Waals surface area contributed by atoms with E-state index >= 15 is 0 Å². The summed E-state index contributed by atoms with van der Waals surface area (Å²) in [4.78, 5) is 7.16. The van der Waals surface area contributed by atoms with Gasteiger partial charge in [-0.25, -0.2) is 0 Å². The van der Waals surface area contributed by atoms with Crippen LogP contribution in [0.3, 0.4) is 0 Å². The van der Waals surface area contributed by atoms with E-state index in [0.717, 1.165) is 31.1 Å². The molecule has 2 heterocycles. The van der Waals surface area contributed by atoms with Crippen molar-refractivity contribution in [1.29, 1.82) is 0 Å². The van der Waals surface area contributed by atoms with Crippen molar-refractivity contribution in [2.45, 2.75) is 25.4 Å². The van der Waals surface area contributed by atoms with E-state index in [2.05, 4.69) is 39.5 Å². The molecule has 1 saturated carbocycles. The van der Waals surface area contributed by atoms with Gasteiger partial charge >= 0.3 is 0 Å². The van der Waals surface area contributed by atoms with Crippen molar-refractivity contribution in [2.75, 3.05) is 19.6 Å². The zero-order valence-electron chi connectivity index (χ0n) is 11.8. The zero-order valence-corrected chi connectivity index (χ0v) is 11.8. The molecule has 104 valence electrons. The Morgan fingerprint density at radius 1 is 1.20 bits per heavy atom. The molecule has 3 nitrogen and oxygen atoms in total. The number of rotatable bonds is 3. The summed E-state index contributed by atoms with van der Waals surface area (Å²) in [7, 11) is 0. The quantitative estimate of drug-likeness (QED) is 0.925. The first-order valence-corrected chi connectivity index (χ1v) is 7.68. The monoisotopic (exact) mass is 267 g/mol. The van der Waals surface area contributed by atoms with Crippen LogP contribution in [-0.2, 0) is 6.54 Å². The van der Waals surface area contributed by atoms with Crippen LogP contribution < -0.4 is 5.32 Å². The fraction of sp³-hybridized carbons (Fsp3) is 0.471. The fourth-order valence-corrected chi connectivity index (χ4v) is 3.34. The Hall–Kier alpha value is -1.45. The molecule has 2 fully saturated rings. The van der Waals surface area contributed by atoms with Gasteiger partial charge in [-0.05, 0) is 30.4 Å². The molecule has 0 radical (unpaired) electrons. The Bertz CT molecular complexity index is 601. The van der Waals surface area contributed by atoms with Crippen LogP contribution in [0, 0.1) is 5.92 Å². The number of pyridine rings is 1. The zero-order chi connectivity index (χ0) is 13.4. The van der Waals surface area contributed by atoms with E-state index in [9.17, 15) is 0 Å². The Morgan fingerprint density at radius 2 is 2.10 bits per heavy atom. The second-order valence-corrected chi connectivity index (χ2v) is 6.13. The predicted octanol–water partition coefficient (Wildman–Crippen LogP) is 2.42. The molecule has 0 bridgehead atoms. The maximum Gasteiger partial charge on any atom is 0.0746 e. The second-order valence-electron chi connectivity index (χ2n) is 6.13. The van der Waals surface area contributed by atoms with Gasteiger partial charge in [0.1, 0.15) is 0 Å². The summed E-state index contributed by atoms with van der Waals surface area (Å²) in [6.07, 6.45) is 4.74. The first-order chi connectivity index (χ1) is 9.90. The van der Waals surface area contributed by atoms with Crippen LogP contribution in [-0.4, -0.2) is 35.6 Å². The van der Waals surface area contributed by atoms with Gasteiger partial charge in [-0.3, -0.25) is 9.88 Å². The molecule has 1 saturated heterocycles. The molecule has 0 amide bonds. The number of nitrogens with zero attached hydrogens (tertiary/aromatic N) is 2. The van der Waals surface area contributed by atoms with E-state index in [1.165, 1.54) is 30.3 Å². The van der Waals surface area contributed by atoms with Gasteiger partial charge in [0.15, 0.2) is 0 Å². The molecule has 20 heavy (non-hydrogen) atoms. The van der Waals surface area contributed by atoms with E-state index in [1.807, 2.05) is 12.3 Å². The number of piperazine rings is 1. The molecular weight excluding hydrogens is 246 g/mol. The molecule has 0 spiro atoms. The Morgan fingerprint density at radius 3 is 3.00 bits per heavy atom. The molecule has 1 aliphatic heterocycles. The molecule has 4 rings (SSSR count). The number of nitrogens with one attached hydrogen (secondary N) is 1. The van der Waals surface area contributed by atoms with Crippen LogP contribution >= 0.6 is 0 Å². The van der Waals surface area contributed by atoms with Crippen molar-refractivity contribution >= 4 is 10.9 Å². The Kier molecular flexibility index (Phi) is 3.17. The lowest BCUT2D eigenvalue weighted by atomic mass is 10.1. The van der Waals surface area contributed by atoms with Gasteiger partial charge in [-0.2, -0.15) is 0 Å². The van der Waals surface area contributed by atoms with Crippen molar-refractivity contribution < 1.29 is 0 Å². The average molecular weight is 267 g/mol. The Labute approximate surface area is 120 Å². The van der Waals surface area contributed by atoms with E-state index < -0.39 is 0 Å².